The van der Waals surface area contributed by atoms with Gasteiger partial charge in [0.15, 0.2) is 10.8 Å². The van der Waals surface area contributed by atoms with E-state index >= 15 is 0 Å². The van der Waals surface area contributed by atoms with Gasteiger partial charge in [-0.3, -0.25) is 9.71 Å². The van der Waals surface area contributed by atoms with E-state index in [0.717, 1.165) is 35.3 Å². The first-order chi connectivity index (χ1) is 11.2. The van der Waals surface area contributed by atoms with E-state index in [0.29, 0.717) is 18.7 Å². The molecule has 0 bridgehead atoms. The predicted octanol–water partition coefficient (Wildman–Crippen LogP) is 0.601. The number of carbonyl (C=O) groups excluding carboxylic acids is 1. The Bertz CT molecular complexity index is 629. The molecule has 1 aromatic rings. The van der Waals surface area contributed by atoms with Crippen LogP contribution in [0.5, 0.6) is 0 Å². The molecule has 0 aliphatic carbocycles. The molecule has 1 aromatic heterocycles. The van der Waals surface area contributed by atoms with E-state index in [1.54, 1.807) is 29.5 Å². The SMILES string of the molecule is COC(=O)C1=C2C[C@H](NSCCN)CN2C(c2nccs2)=NC1. The van der Waals surface area contributed by atoms with Gasteiger partial charge < -0.3 is 15.4 Å². The van der Waals surface area contributed by atoms with Crippen molar-refractivity contribution in [2.45, 2.75) is 12.5 Å². The number of nitrogens with one attached hydrogen (secondary N) is 1. The zero-order valence-electron chi connectivity index (χ0n) is 12.8. The van der Waals surface area contributed by atoms with Crippen molar-refractivity contribution in [2.75, 3.05) is 32.5 Å². The number of esters is 1. The number of methoxy groups -OCH3 is 1. The second-order valence-electron chi connectivity index (χ2n) is 5.16. The van der Waals surface area contributed by atoms with Crippen molar-refractivity contribution in [1.29, 1.82) is 0 Å². The van der Waals surface area contributed by atoms with Crippen LogP contribution in [-0.4, -0.2) is 60.2 Å². The average Bonchev–Trinajstić information content (AvgIpc) is 3.23. The molecule has 0 saturated carbocycles. The number of amidine groups is 1. The second kappa shape index (κ2) is 7.43. The van der Waals surface area contributed by atoms with Crippen LogP contribution in [0.2, 0.25) is 0 Å². The number of aliphatic imine (C=N–C) groups is 1. The summed E-state index contributed by atoms with van der Waals surface area (Å²) in [4.78, 5) is 23.1. The summed E-state index contributed by atoms with van der Waals surface area (Å²) >= 11 is 3.17. The van der Waals surface area contributed by atoms with Gasteiger partial charge in [-0.05, 0) is 0 Å². The first-order valence-electron chi connectivity index (χ1n) is 7.34. The Morgan fingerprint density at radius 3 is 3.22 bits per heavy atom. The van der Waals surface area contributed by atoms with Crippen LogP contribution in [0.25, 0.3) is 0 Å². The summed E-state index contributed by atoms with van der Waals surface area (Å²) < 4.78 is 8.33. The largest absolute Gasteiger partial charge is 0.466 e. The molecule has 0 aromatic carbocycles. The number of thiazole rings is 1. The fourth-order valence-electron chi connectivity index (χ4n) is 2.71. The van der Waals surface area contributed by atoms with Crippen LogP contribution in [0.1, 0.15) is 11.4 Å². The molecular formula is C14H19N5O2S2. The minimum absolute atomic E-state index is 0.240. The molecule has 0 unspecified atom stereocenters. The van der Waals surface area contributed by atoms with Crippen LogP contribution in [-0.2, 0) is 9.53 Å². The van der Waals surface area contributed by atoms with E-state index in [9.17, 15) is 4.79 Å². The standard InChI is InChI=1S/C14H19N5O2S2/c1-21-14(20)10-7-17-12(13-16-3-5-22-13)19-8-9(6-11(10)19)18-23-4-2-15/h3,5,9,18H,2,4,6-8,15H2,1H3/t9-/m0/s1. The molecule has 3 N–H and O–H groups in total. The lowest BCUT2D eigenvalue weighted by atomic mass is 10.1. The molecule has 1 fully saturated rings. The molecule has 9 heteroatoms. The van der Waals surface area contributed by atoms with Gasteiger partial charge in [-0.25, -0.2) is 9.78 Å². The molecule has 0 amide bonds. The van der Waals surface area contributed by atoms with Gasteiger partial charge in [-0.2, -0.15) is 0 Å². The first-order valence-corrected chi connectivity index (χ1v) is 9.20. The summed E-state index contributed by atoms with van der Waals surface area (Å²) in [5, 5.41) is 2.81. The van der Waals surface area contributed by atoms with Gasteiger partial charge in [0.1, 0.15) is 0 Å². The van der Waals surface area contributed by atoms with Crippen molar-refractivity contribution < 1.29 is 9.53 Å². The van der Waals surface area contributed by atoms with Gasteiger partial charge >= 0.3 is 5.97 Å². The summed E-state index contributed by atoms with van der Waals surface area (Å²) in [5.41, 5.74) is 7.16. The average molecular weight is 353 g/mol. The smallest absolute Gasteiger partial charge is 0.337 e. The minimum Gasteiger partial charge on any atom is -0.466 e. The Hall–Kier alpha value is -1.42. The van der Waals surface area contributed by atoms with E-state index < -0.39 is 0 Å². The molecule has 2 aliphatic rings. The van der Waals surface area contributed by atoms with E-state index in [-0.39, 0.29) is 12.0 Å². The van der Waals surface area contributed by atoms with Gasteiger partial charge in [-0.15, -0.1) is 11.3 Å². The summed E-state index contributed by atoms with van der Waals surface area (Å²) in [6.45, 7) is 1.73. The number of nitrogens with zero attached hydrogens (tertiary/aromatic N) is 3. The number of ether oxygens (including phenoxy) is 1. The van der Waals surface area contributed by atoms with Gasteiger partial charge in [0.25, 0.3) is 0 Å². The molecule has 124 valence electrons. The number of hydrogen-bond acceptors (Lipinski definition) is 9. The number of nitrogens with two attached hydrogens (primary N) is 1. The van der Waals surface area contributed by atoms with Crippen molar-refractivity contribution in [3.8, 4) is 0 Å². The number of carbonyl (C=O) groups is 1. The van der Waals surface area contributed by atoms with E-state index in [1.165, 1.54) is 7.11 Å². The Morgan fingerprint density at radius 1 is 1.65 bits per heavy atom. The maximum atomic E-state index is 12.0. The fourth-order valence-corrected chi connectivity index (χ4v) is 3.99. The Labute approximate surface area is 143 Å². The van der Waals surface area contributed by atoms with Gasteiger partial charge in [0, 0.05) is 48.6 Å². The Kier molecular flexibility index (Phi) is 5.31. The number of rotatable bonds is 6. The second-order valence-corrected chi connectivity index (χ2v) is 6.99. The minimum atomic E-state index is -0.304. The third kappa shape index (κ3) is 3.42. The quantitative estimate of drug-likeness (QED) is 0.439. The van der Waals surface area contributed by atoms with Gasteiger partial charge in [-0.1, -0.05) is 11.9 Å². The fraction of sp³-hybridized carbons (Fsp3) is 0.500. The summed E-state index contributed by atoms with van der Waals surface area (Å²) in [7, 11) is 1.40. The Balaban J connectivity index is 1.83. The van der Waals surface area contributed by atoms with Crippen LogP contribution < -0.4 is 10.5 Å². The molecule has 0 spiro atoms. The van der Waals surface area contributed by atoms with Crippen LogP contribution >= 0.6 is 23.3 Å². The predicted molar refractivity (Wildman–Crippen MR) is 92.3 cm³/mol. The normalized spacial score (nSPS) is 20.5. The molecule has 23 heavy (non-hydrogen) atoms. The highest BCUT2D eigenvalue weighted by Gasteiger charge is 2.37. The monoisotopic (exact) mass is 353 g/mol. The maximum absolute atomic E-state index is 12.0. The highest BCUT2D eigenvalue weighted by Crippen LogP contribution is 2.32. The zero-order valence-corrected chi connectivity index (χ0v) is 14.5. The van der Waals surface area contributed by atoms with E-state index in [2.05, 4.69) is 19.6 Å². The third-order valence-corrected chi connectivity index (χ3v) is 5.39. The molecule has 1 saturated heterocycles. The molecule has 1 atom stereocenters. The lowest BCUT2D eigenvalue weighted by Crippen LogP contribution is -2.36. The van der Waals surface area contributed by atoms with Crippen molar-refractivity contribution >= 4 is 35.1 Å². The number of aromatic nitrogens is 1. The van der Waals surface area contributed by atoms with Crippen molar-refractivity contribution in [2.24, 2.45) is 10.7 Å². The van der Waals surface area contributed by atoms with Crippen LogP contribution in [0.4, 0.5) is 0 Å². The first kappa shape index (κ1) is 16.4. The van der Waals surface area contributed by atoms with Crippen LogP contribution in [0.3, 0.4) is 0 Å². The molecule has 3 rings (SSSR count). The van der Waals surface area contributed by atoms with Crippen LogP contribution in [0, 0.1) is 0 Å². The Morgan fingerprint density at radius 2 is 2.52 bits per heavy atom. The molecule has 3 heterocycles. The summed E-state index contributed by atoms with van der Waals surface area (Å²) in [6.07, 6.45) is 2.54. The molecule has 0 radical (unpaired) electrons. The molecular weight excluding hydrogens is 334 g/mol. The van der Waals surface area contributed by atoms with Crippen LogP contribution in [0.15, 0.2) is 27.8 Å². The van der Waals surface area contributed by atoms with Crippen molar-refractivity contribution in [1.82, 2.24) is 14.6 Å². The summed E-state index contributed by atoms with van der Waals surface area (Å²) in [5.74, 6) is 1.39. The highest BCUT2D eigenvalue weighted by atomic mass is 32.2. The number of fused-ring (bicyclic) bond motifs is 1. The van der Waals surface area contributed by atoms with Crippen molar-refractivity contribution in [3.05, 3.63) is 27.9 Å². The lowest BCUT2D eigenvalue weighted by Gasteiger charge is -2.26. The maximum Gasteiger partial charge on any atom is 0.337 e. The zero-order chi connectivity index (χ0) is 16.2. The lowest BCUT2D eigenvalue weighted by molar-refractivity contribution is -0.136. The highest BCUT2D eigenvalue weighted by molar-refractivity contribution is 7.97. The topological polar surface area (TPSA) is 92.8 Å². The van der Waals surface area contributed by atoms with Gasteiger partial charge in [0.2, 0.25) is 0 Å². The number of hydrogen-bond donors (Lipinski definition) is 2. The van der Waals surface area contributed by atoms with E-state index in [4.69, 9.17) is 10.5 Å². The molecule has 2 aliphatic heterocycles. The van der Waals surface area contributed by atoms with E-state index in [1.807, 2.05) is 5.38 Å². The molecule has 7 nitrogen and oxygen atoms in total. The van der Waals surface area contributed by atoms with Crippen molar-refractivity contribution in [3.63, 3.8) is 0 Å². The third-order valence-electron chi connectivity index (χ3n) is 3.68. The summed E-state index contributed by atoms with van der Waals surface area (Å²) in [6, 6.07) is 0.240. The van der Waals surface area contributed by atoms with Gasteiger partial charge in [0.05, 0.1) is 19.2 Å².